The van der Waals surface area contributed by atoms with Crippen LogP contribution in [0.3, 0.4) is 0 Å². The third-order valence-corrected chi connectivity index (χ3v) is 4.40. The van der Waals surface area contributed by atoms with Crippen molar-refractivity contribution < 1.29 is 18.7 Å². The predicted octanol–water partition coefficient (Wildman–Crippen LogP) is 1.11. The van der Waals surface area contributed by atoms with Crippen LogP contribution in [-0.4, -0.2) is 43.6 Å². The fraction of sp³-hybridized carbons (Fsp3) is 0.500. The molecule has 0 radical (unpaired) electrons. The first kappa shape index (κ1) is 15.7. The molecule has 1 aromatic carbocycles. The lowest BCUT2D eigenvalue weighted by Crippen LogP contribution is -2.58. The van der Waals surface area contributed by atoms with Gasteiger partial charge in [0.15, 0.2) is 11.6 Å². The summed E-state index contributed by atoms with van der Waals surface area (Å²) in [4.78, 5) is 25.8. The van der Waals surface area contributed by atoms with Crippen molar-refractivity contribution in [3.05, 3.63) is 29.6 Å². The van der Waals surface area contributed by atoms with E-state index in [2.05, 4.69) is 10.6 Å². The summed E-state index contributed by atoms with van der Waals surface area (Å²) < 4.78 is 18.5. The van der Waals surface area contributed by atoms with Crippen LogP contribution in [0.5, 0.6) is 5.75 Å². The van der Waals surface area contributed by atoms with Crippen LogP contribution in [0.4, 0.5) is 9.18 Å². The van der Waals surface area contributed by atoms with Crippen molar-refractivity contribution in [1.29, 1.82) is 0 Å². The number of methoxy groups -OCH3 is 1. The lowest BCUT2D eigenvalue weighted by Gasteiger charge is -2.39. The molecule has 2 bridgehead atoms. The fourth-order valence-electron chi connectivity index (χ4n) is 3.20. The van der Waals surface area contributed by atoms with Gasteiger partial charge in [-0.3, -0.25) is 9.69 Å². The zero-order valence-electron chi connectivity index (χ0n) is 13.0. The van der Waals surface area contributed by atoms with E-state index >= 15 is 0 Å². The van der Waals surface area contributed by atoms with Gasteiger partial charge in [-0.05, 0) is 36.6 Å². The SMILES string of the molecule is COc1ccc(CNC(=O)N2C[C@@H]3CNC[C@@H](C3)C2=O)cc1F. The fourth-order valence-corrected chi connectivity index (χ4v) is 3.20. The van der Waals surface area contributed by atoms with Crippen LogP contribution >= 0.6 is 0 Å². The van der Waals surface area contributed by atoms with Gasteiger partial charge in [-0.1, -0.05) is 6.07 Å². The molecule has 0 unspecified atom stereocenters. The molecule has 2 saturated heterocycles. The Balaban J connectivity index is 1.61. The number of nitrogens with one attached hydrogen (secondary N) is 2. The van der Waals surface area contributed by atoms with E-state index in [1.807, 2.05) is 0 Å². The lowest BCUT2D eigenvalue weighted by atomic mass is 9.85. The van der Waals surface area contributed by atoms with Crippen LogP contribution in [0.25, 0.3) is 0 Å². The summed E-state index contributed by atoms with van der Waals surface area (Å²) >= 11 is 0. The highest BCUT2D eigenvalue weighted by Gasteiger charge is 2.39. The molecule has 2 heterocycles. The van der Waals surface area contributed by atoms with Gasteiger partial charge >= 0.3 is 6.03 Å². The average Bonchev–Trinajstić information content (AvgIpc) is 2.56. The number of hydrogen-bond donors (Lipinski definition) is 2. The molecule has 23 heavy (non-hydrogen) atoms. The van der Waals surface area contributed by atoms with E-state index in [0.29, 0.717) is 24.6 Å². The Morgan fingerprint density at radius 2 is 2.30 bits per heavy atom. The van der Waals surface area contributed by atoms with E-state index < -0.39 is 11.8 Å². The highest BCUT2D eigenvalue weighted by Crippen LogP contribution is 2.25. The molecule has 7 heteroatoms. The van der Waals surface area contributed by atoms with Crippen LogP contribution < -0.4 is 15.4 Å². The Morgan fingerprint density at radius 3 is 3.04 bits per heavy atom. The van der Waals surface area contributed by atoms with Crippen molar-refractivity contribution in [3.8, 4) is 5.75 Å². The summed E-state index contributed by atoms with van der Waals surface area (Å²) in [5.74, 6) is -0.255. The minimum atomic E-state index is -0.478. The molecule has 2 N–H and O–H groups in total. The Labute approximate surface area is 134 Å². The molecular formula is C16H20FN3O3. The number of nitrogens with zero attached hydrogens (tertiary/aromatic N) is 1. The number of amides is 3. The number of urea groups is 1. The van der Waals surface area contributed by atoms with Crippen LogP contribution in [0.1, 0.15) is 12.0 Å². The quantitative estimate of drug-likeness (QED) is 0.875. The monoisotopic (exact) mass is 321 g/mol. The smallest absolute Gasteiger partial charge is 0.324 e. The van der Waals surface area contributed by atoms with Crippen LogP contribution in [-0.2, 0) is 11.3 Å². The van der Waals surface area contributed by atoms with Crippen LogP contribution in [0.2, 0.25) is 0 Å². The minimum absolute atomic E-state index is 0.119. The first-order valence-corrected chi connectivity index (χ1v) is 7.71. The number of rotatable bonds is 3. The number of ether oxygens (including phenoxy) is 1. The van der Waals surface area contributed by atoms with Gasteiger partial charge in [-0.25, -0.2) is 9.18 Å². The van der Waals surface area contributed by atoms with Crippen molar-refractivity contribution in [2.75, 3.05) is 26.7 Å². The maximum absolute atomic E-state index is 13.6. The van der Waals surface area contributed by atoms with Crippen LogP contribution in [0.15, 0.2) is 18.2 Å². The second-order valence-electron chi connectivity index (χ2n) is 6.03. The number of benzene rings is 1. The predicted molar refractivity (Wildman–Crippen MR) is 81.4 cm³/mol. The molecule has 0 aromatic heterocycles. The van der Waals surface area contributed by atoms with Crippen molar-refractivity contribution in [1.82, 2.24) is 15.5 Å². The molecule has 3 amide bonds. The molecule has 0 spiro atoms. The number of halogens is 1. The largest absolute Gasteiger partial charge is 0.494 e. The normalized spacial score (nSPS) is 23.6. The number of piperidine rings is 2. The molecular weight excluding hydrogens is 301 g/mol. The van der Waals surface area contributed by atoms with E-state index in [4.69, 9.17) is 4.74 Å². The standard InChI is InChI=1S/C16H20FN3O3/c1-23-14-3-2-10(5-13(14)17)7-19-16(22)20-9-11-4-12(15(20)21)8-18-6-11/h2-3,5,11-12,18H,4,6-9H2,1H3,(H,19,22)/t11-,12+/m0/s1. The second-order valence-corrected chi connectivity index (χ2v) is 6.03. The molecule has 0 saturated carbocycles. The van der Waals surface area contributed by atoms with Gasteiger partial charge in [0.1, 0.15) is 0 Å². The summed E-state index contributed by atoms with van der Waals surface area (Å²) in [5.41, 5.74) is 0.614. The summed E-state index contributed by atoms with van der Waals surface area (Å²) in [7, 11) is 1.40. The van der Waals surface area contributed by atoms with Gasteiger partial charge in [0.05, 0.1) is 13.0 Å². The van der Waals surface area contributed by atoms with E-state index in [1.165, 1.54) is 24.1 Å². The zero-order chi connectivity index (χ0) is 16.4. The first-order valence-electron chi connectivity index (χ1n) is 7.71. The Morgan fingerprint density at radius 1 is 1.48 bits per heavy atom. The summed E-state index contributed by atoms with van der Waals surface area (Å²) in [6, 6.07) is 4.09. The van der Waals surface area contributed by atoms with E-state index in [-0.39, 0.29) is 24.1 Å². The van der Waals surface area contributed by atoms with E-state index in [9.17, 15) is 14.0 Å². The van der Waals surface area contributed by atoms with Gasteiger partial charge in [0.2, 0.25) is 5.91 Å². The zero-order valence-corrected chi connectivity index (χ0v) is 13.0. The van der Waals surface area contributed by atoms with Gasteiger partial charge < -0.3 is 15.4 Å². The number of fused-ring (bicyclic) bond motifs is 2. The summed E-state index contributed by atoms with van der Waals surface area (Å²) in [5, 5.41) is 5.91. The molecule has 2 atom stereocenters. The topological polar surface area (TPSA) is 70.7 Å². The van der Waals surface area contributed by atoms with Gasteiger partial charge in [-0.15, -0.1) is 0 Å². The first-order chi connectivity index (χ1) is 11.1. The highest BCUT2D eigenvalue weighted by atomic mass is 19.1. The number of likely N-dealkylation sites (tertiary alicyclic amines) is 1. The Hall–Kier alpha value is -2.15. The molecule has 2 aliphatic rings. The maximum Gasteiger partial charge on any atom is 0.324 e. The Kier molecular flexibility index (Phi) is 4.47. The van der Waals surface area contributed by atoms with Crippen molar-refractivity contribution in [2.45, 2.75) is 13.0 Å². The molecule has 6 nitrogen and oxygen atoms in total. The molecule has 3 rings (SSSR count). The second kappa shape index (κ2) is 6.54. The molecule has 0 aliphatic carbocycles. The third kappa shape index (κ3) is 3.29. The van der Waals surface area contributed by atoms with E-state index in [0.717, 1.165) is 13.0 Å². The Bertz CT molecular complexity index is 623. The van der Waals surface area contributed by atoms with Gasteiger partial charge in [-0.2, -0.15) is 0 Å². The number of carbonyl (C=O) groups is 2. The van der Waals surface area contributed by atoms with Gasteiger partial charge in [0, 0.05) is 19.6 Å². The number of carbonyl (C=O) groups excluding carboxylic acids is 2. The molecule has 1 aromatic rings. The number of hydrogen-bond acceptors (Lipinski definition) is 4. The summed E-state index contributed by atoms with van der Waals surface area (Å²) in [6.07, 6.45) is 0.847. The minimum Gasteiger partial charge on any atom is -0.494 e. The molecule has 2 fully saturated rings. The van der Waals surface area contributed by atoms with Crippen LogP contribution in [0, 0.1) is 17.7 Å². The lowest BCUT2D eigenvalue weighted by molar-refractivity contribution is -0.137. The number of imide groups is 1. The summed E-state index contributed by atoms with van der Waals surface area (Å²) in [6.45, 7) is 2.06. The van der Waals surface area contributed by atoms with Crippen molar-refractivity contribution in [2.24, 2.45) is 11.8 Å². The molecule has 124 valence electrons. The average molecular weight is 321 g/mol. The molecule has 2 aliphatic heterocycles. The third-order valence-electron chi connectivity index (χ3n) is 4.40. The van der Waals surface area contributed by atoms with E-state index in [1.54, 1.807) is 6.07 Å². The van der Waals surface area contributed by atoms with Crippen molar-refractivity contribution in [3.63, 3.8) is 0 Å². The highest BCUT2D eigenvalue weighted by molar-refractivity contribution is 5.96. The van der Waals surface area contributed by atoms with Crippen molar-refractivity contribution >= 4 is 11.9 Å². The van der Waals surface area contributed by atoms with Gasteiger partial charge in [0.25, 0.3) is 0 Å². The maximum atomic E-state index is 13.6.